The molecule has 0 saturated heterocycles. The number of aliphatic hydroxyl groups excluding tert-OH is 1. The molecule has 2 aromatic rings. The average molecular weight is 348 g/mol. The largest absolute Gasteiger partial charge is 0.493 e. The van der Waals surface area contributed by atoms with Gasteiger partial charge in [0.25, 0.3) is 5.91 Å². The Morgan fingerprint density at radius 2 is 1.84 bits per heavy atom. The van der Waals surface area contributed by atoms with Gasteiger partial charge in [-0.3, -0.25) is 4.79 Å². The van der Waals surface area contributed by atoms with E-state index in [-0.39, 0.29) is 5.91 Å². The zero-order valence-corrected chi connectivity index (χ0v) is 14.9. The van der Waals surface area contributed by atoms with E-state index in [2.05, 4.69) is 5.32 Å². The second-order valence-corrected chi connectivity index (χ2v) is 5.52. The molecule has 0 aliphatic rings. The molecule has 0 fully saturated rings. The summed E-state index contributed by atoms with van der Waals surface area (Å²) in [4.78, 5) is 12.4. The second-order valence-electron chi connectivity index (χ2n) is 5.52. The first-order valence-corrected chi connectivity index (χ1v) is 7.89. The topological polar surface area (TPSA) is 82.0 Å². The van der Waals surface area contributed by atoms with Gasteiger partial charge in [0, 0.05) is 31.0 Å². The van der Waals surface area contributed by atoms with Crippen molar-refractivity contribution in [2.24, 2.45) is 7.05 Å². The van der Waals surface area contributed by atoms with Crippen LogP contribution in [0.25, 0.3) is 0 Å². The lowest BCUT2D eigenvalue weighted by atomic mass is 10.1. The molecule has 0 radical (unpaired) electrons. The molecule has 1 heterocycles. The Labute approximate surface area is 147 Å². The molecule has 7 heteroatoms. The number of carbonyl (C=O) groups is 1. The first kappa shape index (κ1) is 18.7. The molecule has 1 aromatic carbocycles. The highest BCUT2D eigenvalue weighted by Gasteiger charge is 2.17. The summed E-state index contributed by atoms with van der Waals surface area (Å²) in [5, 5.41) is 13.0. The van der Waals surface area contributed by atoms with Crippen molar-refractivity contribution in [1.29, 1.82) is 0 Å². The summed E-state index contributed by atoms with van der Waals surface area (Å²) >= 11 is 0. The van der Waals surface area contributed by atoms with Crippen LogP contribution in [0.4, 0.5) is 0 Å². The van der Waals surface area contributed by atoms with Crippen LogP contribution < -0.4 is 19.5 Å². The van der Waals surface area contributed by atoms with Gasteiger partial charge < -0.3 is 29.2 Å². The van der Waals surface area contributed by atoms with Gasteiger partial charge in [-0.1, -0.05) is 0 Å². The van der Waals surface area contributed by atoms with Crippen molar-refractivity contribution >= 4 is 5.91 Å². The van der Waals surface area contributed by atoms with Gasteiger partial charge in [-0.05, 0) is 30.7 Å². The number of aryl methyl sites for hydroxylation is 1. The van der Waals surface area contributed by atoms with E-state index in [4.69, 9.17) is 14.2 Å². The summed E-state index contributed by atoms with van der Waals surface area (Å²) in [6.45, 7) is 0.335. The van der Waals surface area contributed by atoms with Crippen LogP contribution >= 0.6 is 0 Å². The van der Waals surface area contributed by atoms with Gasteiger partial charge in [0.05, 0.1) is 27.4 Å². The minimum absolute atomic E-state index is 0.279. The first-order valence-electron chi connectivity index (χ1n) is 7.89. The van der Waals surface area contributed by atoms with E-state index in [9.17, 15) is 9.90 Å². The Bertz CT molecular complexity index is 701. The Kier molecular flexibility index (Phi) is 6.30. The van der Waals surface area contributed by atoms with Crippen LogP contribution in [0, 0.1) is 0 Å². The fourth-order valence-electron chi connectivity index (χ4n) is 2.61. The maximum atomic E-state index is 12.4. The Hall–Kier alpha value is -2.67. The maximum absolute atomic E-state index is 12.4. The molecule has 136 valence electrons. The molecule has 2 rings (SSSR count). The summed E-state index contributed by atoms with van der Waals surface area (Å²) < 4.78 is 17.6. The minimum atomic E-state index is -0.639. The van der Waals surface area contributed by atoms with Gasteiger partial charge >= 0.3 is 0 Å². The summed E-state index contributed by atoms with van der Waals surface area (Å²) in [6, 6.07) is 6.90. The second kappa shape index (κ2) is 8.43. The SMILES string of the molecule is COc1cc(C(=O)NCCC(O)c2cccn2C)cc(OC)c1OC. The third-order valence-electron chi connectivity index (χ3n) is 3.96. The van der Waals surface area contributed by atoms with E-state index in [1.807, 2.05) is 29.9 Å². The first-order chi connectivity index (χ1) is 12.0. The molecular formula is C18H24N2O5. The van der Waals surface area contributed by atoms with Gasteiger partial charge in [-0.15, -0.1) is 0 Å². The van der Waals surface area contributed by atoms with Gasteiger partial charge in [-0.25, -0.2) is 0 Å². The standard InChI is InChI=1S/C18H24N2O5/c1-20-9-5-6-13(20)14(21)7-8-19-18(22)12-10-15(23-2)17(25-4)16(11-12)24-3/h5-6,9-11,14,21H,7-8H2,1-4H3,(H,19,22). The fraction of sp³-hybridized carbons (Fsp3) is 0.389. The third kappa shape index (κ3) is 4.24. The molecule has 1 aromatic heterocycles. The summed E-state index contributed by atoms with van der Waals surface area (Å²) in [5.74, 6) is 0.978. The monoisotopic (exact) mass is 348 g/mol. The van der Waals surface area contributed by atoms with E-state index < -0.39 is 6.10 Å². The number of nitrogens with zero attached hydrogens (tertiary/aromatic N) is 1. The van der Waals surface area contributed by atoms with Crippen LogP contribution in [-0.4, -0.2) is 43.5 Å². The Morgan fingerprint density at radius 3 is 2.32 bits per heavy atom. The zero-order chi connectivity index (χ0) is 18.4. The van der Waals surface area contributed by atoms with Crippen molar-refractivity contribution in [2.75, 3.05) is 27.9 Å². The van der Waals surface area contributed by atoms with Crippen LogP contribution in [0.2, 0.25) is 0 Å². The predicted molar refractivity (Wildman–Crippen MR) is 93.4 cm³/mol. The number of aliphatic hydroxyl groups is 1. The number of amides is 1. The normalized spacial score (nSPS) is 11.7. The van der Waals surface area contributed by atoms with Gasteiger partial charge in [0.2, 0.25) is 5.75 Å². The number of ether oxygens (including phenoxy) is 3. The van der Waals surface area contributed by atoms with Crippen LogP contribution in [0.5, 0.6) is 17.2 Å². The number of hydrogen-bond acceptors (Lipinski definition) is 5. The summed E-state index contributed by atoms with van der Waals surface area (Å²) in [6.07, 6.45) is 1.64. The molecule has 7 nitrogen and oxygen atoms in total. The fourth-order valence-corrected chi connectivity index (χ4v) is 2.61. The molecule has 0 aliphatic carbocycles. The number of carbonyl (C=O) groups excluding carboxylic acids is 1. The highest BCUT2D eigenvalue weighted by Crippen LogP contribution is 2.38. The number of benzene rings is 1. The molecule has 0 bridgehead atoms. The molecule has 25 heavy (non-hydrogen) atoms. The van der Waals surface area contributed by atoms with Crippen LogP contribution in [0.15, 0.2) is 30.5 Å². The lowest BCUT2D eigenvalue weighted by Crippen LogP contribution is -2.26. The molecule has 1 unspecified atom stereocenters. The predicted octanol–water partition coefficient (Wildman–Crippen LogP) is 1.90. The molecule has 0 aliphatic heterocycles. The number of nitrogens with one attached hydrogen (secondary N) is 1. The van der Waals surface area contributed by atoms with Crippen LogP contribution in [0.3, 0.4) is 0 Å². The average Bonchev–Trinajstić information content (AvgIpc) is 3.06. The van der Waals surface area contributed by atoms with E-state index in [1.165, 1.54) is 21.3 Å². The van der Waals surface area contributed by atoms with Crippen LogP contribution in [0.1, 0.15) is 28.6 Å². The lowest BCUT2D eigenvalue weighted by molar-refractivity contribution is 0.0940. The van der Waals surface area contributed by atoms with E-state index >= 15 is 0 Å². The molecule has 0 spiro atoms. The van der Waals surface area contributed by atoms with Crippen molar-refractivity contribution in [2.45, 2.75) is 12.5 Å². The molecular weight excluding hydrogens is 324 g/mol. The zero-order valence-electron chi connectivity index (χ0n) is 14.9. The number of hydrogen-bond donors (Lipinski definition) is 2. The highest BCUT2D eigenvalue weighted by molar-refractivity contribution is 5.95. The molecule has 2 N–H and O–H groups in total. The Balaban J connectivity index is 2.02. The quantitative estimate of drug-likeness (QED) is 0.761. The molecule has 1 amide bonds. The van der Waals surface area contributed by atoms with Gasteiger partial charge in [0.15, 0.2) is 11.5 Å². The van der Waals surface area contributed by atoms with Crippen LogP contribution in [-0.2, 0) is 7.05 Å². The number of rotatable bonds is 8. The smallest absolute Gasteiger partial charge is 0.251 e. The Morgan fingerprint density at radius 1 is 1.20 bits per heavy atom. The van der Waals surface area contributed by atoms with E-state index in [1.54, 1.807) is 12.1 Å². The summed E-state index contributed by atoms with van der Waals surface area (Å²) in [5.41, 5.74) is 1.20. The number of methoxy groups -OCH3 is 3. The van der Waals surface area contributed by atoms with E-state index in [0.29, 0.717) is 35.8 Å². The van der Waals surface area contributed by atoms with Crippen molar-refractivity contribution < 1.29 is 24.1 Å². The third-order valence-corrected chi connectivity index (χ3v) is 3.96. The highest BCUT2D eigenvalue weighted by atomic mass is 16.5. The molecule has 0 saturated carbocycles. The molecule has 1 atom stereocenters. The lowest BCUT2D eigenvalue weighted by Gasteiger charge is -2.15. The van der Waals surface area contributed by atoms with Crippen molar-refractivity contribution in [1.82, 2.24) is 9.88 Å². The van der Waals surface area contributed by atoms with Crippen molar-refractivity contribution in [3.63, 3.8) is 0 Å². The van der Waals surface area contributed by atoms with Gasteiger partial charge in [0.1, 0.15) is 0 Å². The maximum Gasteiger partial charge on any atom is 0.251 e. The van der Waals surface area contributed by atoms with Crippen molar-refractivity contribution in [3.05, 3.63) is 41.7 Å². The minimum Gasteiger partial charge on any atom is -0.493 e. The van der Waals surface area contributed by atoms with Crippen molar-refractivity contribution in [3.8, 4) is 17.2 Å². The summed E-state index contributed by atoms with van der Waals surface area (Å²) in [7, 11) is 6.36. The van der Waals surface area contributed by atoms with E-state index in [0.717, 1.165) is 5.69 Å². The van der Waals surface area contributed by atoms with Gasteiger partial charge in [-0.2, -0.15) is 0 Å². The number of aromatic nitrogens is 1.